The highest BCUT2D eigenvalue weighted by molar-refractivity contribution is 5.90. The van der Waals surface area contributed by atoms with Gasteiger partial charge in [-0.1, -0.05) is 19.1 Å². The number of nitrogens with two attached hydrogens (primary N) is 1. The zero-order chi connectivity index (χ0) is 25.2. The molecule has 6 rings (SSSR count). The highest BCUT2D eigenvalue weighted by atomic mass is 19.3. The number of anilines is 1. The Bertz CT molecular complexity index is 1490. The van der Waals surface area contributed by atoms with Crippen molar-refractivity contribution in [3.63, 3.8) is 0 Å². The summed E-state index contributed by atoms with van der Waals surface area (Å²) in [5, 5.41) is 5.72. The minimum Gasteiger partial charge on any atom is -0.479 e. The smallest absolute Gasteiger partial charge is 0.252 e. The van der Waals surface area contributed by atoms with Crippen LogP contribution in [0, 0.1) is 5.41 Å². The van der Waals surface area contributed by atoms with E-state index in [1.807, 2.05) is 47.5 Å². The molecule has 2 N–H and O–H groups in total. The number of ether oxygens (including phenoxy) is 1. The number of methoxy groups -OCH3 is 1. The highest BCUT2D eigenvalue weighted by Crippen LogP contribution is 2.49. The number of primary amides is 1. The number of benzene rings is 1. The average Bonchev–Trinajstić information content (AvgIpc) is 3.25. The highest BCUT2D eigenvalue weighted by Gasteiger charge is 2.55. The zero-order valence-electron chi connectivity index (χ0n) is 20.0. The van der Waals surface area contributed by atoms with E-state index in [2.05, 4.69) is 9.97 Å². The van der Waals surface area contributed by atoms with Gasteiger partial charge < -0.3 is 15.4 Å². The van der Waals surface area contributed by atoms with E-state index in [0.29, 0.717) is 30.2 Å². The lowest BCUT2D eigenvalue weighted by molar-refractivity contribution is -0.133. The number of carbonyl (C=O) groups is 1. The van der Waals surface area contributed by atoms with Gasteiger partial charge in [0.1, 0.15) is 5.52 Å². The third-order valence-electron chi connectivity index (χ3n) is 7.63. The lowest BCUT2D eigenvalue weighted by Gasteiger charge is -2.53. The second kappa shape index (κ2) is 7.84. The first-order chi connectivity index (χ1) is 17.2. The van der Waals surface area contributed by atoms with Crippen LogP contribution in [-0.2, 0) is 4.79 Å². The van der Waals surface area contributed by atoms with Crippen LogP contribution in [0.2, 0.25) is 0 Å². The molecule has 0 unspecified atom stereocenters. The molecule has 0 aliphatic heterocycles. The number of carbonyl (C=O) groups excluding carboxylic acids is 1. The van der Waals surface area contributed by atoms with Crippen molar-refractivity contribution in [3.8, 4) is 17.0 Å². The number of hydrogen-bond acceptors (Lipinski definition) is 6. The van der Waals surface area contributed by atoms with Crippen molar-refractivity contribution in [1.82, 2.24) is 19.6 Å². The van der Waals surface area contributed by atoms with Gasteiger partial charge >= 0.3 is 0 Å². The van der Waals surface area contributed by atoms with Gasteiger partial charge in [0.05, 0.1) is 18.0 Å². The number of alkyl halides is 2. The van der Waals surface area contributed by atoms with Crippen LogP contribution in [0.5, 0.6) is 5.88 Å². The van der Waals surface area contributed by atoms with Crippen LogP contribution in [0.1, 0.15) is 32.6 Å². The van der Waals surface area contributed by atoms with Crippen LogP contribution in [-0.4, -0.2) is 50.6 Å². The normalized spacial score (nSPS) is 23.3. The number of aromatic nitrogens is 4. The van der Waals surface area contributed by atoms with Crippen molar-refractivity contribution in [2.75, 3.05) is 12.0 Å². The van der Waals surface area contributed by atoms with Crippen LogP contribution in [0.15, 0.2) is 48.8 Å². The summed E-state index contributed by atoms with van der Waals surface area (Å²) in [5.74, 6) is -2.44. The molecule has 2 aliphatic rings. The predicted molar refractivity (Wildman–Crippen MR) is 131 cm³/mol. The molecule has 0 atom stereocenters. The Balaban J connectivity index is 1.41. The topological polar surface area (TPSA) is 98.6 Å². The van der Waals surface area contributed by atoms with Crippen molar-refractivity contribution in [2.45, 2.75) is 50.6 Å². The summed E-state index contributed by atoms with van der Waals surface area (Å²) in [7, 11) is 1.53. The maximum absolute atomic E-state index is 13.9. The third-order valence-corrected chi connectivity index (χ3v) is 7.63. The molecule has 186 valence electrons. The standard InChI is InChI=1S/C26H26F2N6O2/c1-25(23(29)35)11-17(12-25)34(18-13-26(27,28)14-18)24-31-22(36-2)21-19(7-9-33(21)32-24)15-5-6-20-16(10-15)4-3-8-30-20/h3-10,17-18H,11-14H2,1-2H3,(H2,29,35). The number of hydrogen-bond donors (Lipinski definition) is 1. The number of pyridine rings is 1. The van der Waals surface area contributed by atoms with E-state index >= 15 is 0 Å². The van der Waals surface area contributed by atoms with Crippen LogP contribution in [0.4, 0.5) is 14.7 Å². The van der Waals surface area contributed by atoms with Crippen molar-refractivity contribution < 1.29 is 18.3 Å². The number of amides is 1. The fourth-order valence-electron chi connectivity index (χ4n) is 5.54. The lowest BCUT2D eigenvalue weighted by Crippen LogP contribution is -2.62. The fourth-order valence-corrected chi connectivity index (χ4v) is 5.54. The molecular formula is C26H26F2N6O2. The molecule has 10 heteroatoms. The number of nitrogens with zero attached hydrogens (tertiary/aromatic N) is 5. The molecule has 2 saturated carbocycles. The van der Waals surface area contributed by atoms with Crippen molar-refractivity contribution in [2.24, 2.45) is 11.1 Å². The number of fused-ring (bicyclic) bond motifs is 2. The minimum absolute atomic E-state index is 0.159. The largest absolute Gasteiger partial charge is 0.479 e. The lowest BCUT2D eigenvalue weighted by atomic mass is 9.65. The second-order valence-electron chi connectivity index (χ2n) is 10.2. The second-order valence-corrected chi connectivity index (χ2v) is 10.2. The monoisotopic (exact) mass is 492 g/mol. The molecule has 4 aromatic rings. The quantitative estimate of drug-likeness (QED) is 0.433. The molecule has 0 spiro atoms. The summed E-state index contributed by atoms with van der Waals surface area (Å²) in [4.78, 5) is 22.8. The van der Waals surface area contributed by atoms with Gasteiger partial charge in [-0.25, -0.2) is 13.3 Å². The first kappa shape index (κ1) is 22.6. The third kappa shape index (κ3) is 3.54. The van der Waals surface area contributed by atoms with E-state index < -0.39 is 17.4 Å². The molecule has 2 fully saturated rings. The zero-order valence-corrected chi connectivity index (χ0v) is 20.0. The summed E-state index contributed by atoms with van der Waals surface area (Å²) in [6.07, 6.45) is 3.96. The van der Waals surface area contributed by atoms with Gasteiger partial charge in [0.25, 0.3) is 5.92 Å². The number of rotatable bonds is 6. The predicted octanol–water partition coefficient (Wildman–Crippen LogP) is 4.21. The average molecular weight is 493 g/mol. The Morgan fingerprint density at radius 2 is 1.92 bits per heavy atom. The fraction of sp³-hybridized carbons (Fsp3) is 0.385. The molecule has 8 nitrogen and oxygen atoms in total. The van der Waals surface area contributed by atoms with E-state index in [1.165, 1.54) is 7.11 Å². The van der Waals surface area contributed by atoms with Crippen molar-refractivity contribution in [3.05, 3.63) is 48.8 Å². The SMILES string of the molecule is COc1nc(N(C2CC(F)(F)C2)C2CC(C)(C(N)=O)C2)nn2ccc(-c3ccc4ncccc4c3)c12. The van der Waals surface area contributed by atoms with Gasteiger partial charge in [-0.3, -0.25) is 9.78 Å². The summed E-state index contributed by atoms with van der Waals surface area (Å²) in [5.41, 5.74) is 8.33. The molecule has 1 aromatic carbocycles. The van der Waals surface area contributed by atoms with Crippen LogP contribution >= 0.6 is 0 Å². The summed E-state index contributed by atoms with van der Waals surface area (Å²) < 4.78 is 35.1. The Kier molecular flexibility index (Phi) is 4.93. The van der Waals surface area contributed by atoms with Gasteiger partial charge in [-0.15, -0.1) is 5.10 Å². The molecule has 0 radical (unpaired) electrons. The Hall–Kier alpha value is -3.82. The maximum atomic E-state index is 13.9. The van der Waals surface area contributed by atoms with E-state index in [-0.39, 0.29) is 24.8 Å². The van der Waals surface area contributed by atoms with Gasteiger partial charge in [0, 0.05) is 48.3 Å². The van der Waals surface area contributed by atoms with Gasteiger partial charge in [-0.2, -0.15) is 4.98 Å². The minimum atomic E-state index is -2.71. The molecule has 0 bridgehead atoms. The van der Waals surface area contributed by atoms with Crippen molar-refractivity contribution >= 4 is 28.3 Å². The van der Waals surface area contributed by atoms with Gasteiger partial charge in [0.15, 0.2) is 0 Å². The van der Waals surface area contributed by atoms with Crippen LogP contribution in [0.3, 0.4) is 0 Å². The molecule has 3 heterocycles. The van der Waals surface area contributed by atoms with E-state index in [1.54, 1.807) is 17.6 Å². The molecular weight excluding hydrogens is 466 g/mol. The first-order valence-corrected chi connectivity index (χ1v) is 11.9. The Morgan fingerprint density at radius 1 is 1.17 bits per heavy atom. The van der Waals surface area contributed by atoms with E-state index in [4.69, 9.17) is 15.6 Å². The summed E-state index contributed by atoms with van der Waals surface area (Å²) >= 11 is 0. The van der Waals surface area contributed by atoms with Crippen LogP contribution in [0.25, 0.3) is 27.5 Å². The first-order valence-electron chi connectivity index (χ1n) is 11.9. The molecule has 1 amide bonds. The van der Waals surface area contributed by atoms with Gasteiger partial charge in [-0.05, 0) is 42.7 Å². The van der Waals surface area contributed by atoms with Crippen molar-refractivity contribution in [1.29, 1.82) is 0 Å². The molecule has 2 aliphatic carbocycles. The maximum Gasteiger partial charge on any atom is 0.252 e. The summed E-state index contributed by atoms with van der Waals surface area (Å²) in [6.45, 7) is 1.81. The van der Waals surface area contributed by atoms with E-state index in [9.17, 15) is 13.6 Å². The summed E-state index contributed by atoms with van der Waals surface area (Å²) in [6, 6.07) is 11.2. The Labute approximate surface area is 206 Å². The molecule has 36 heavy (non-hydrogen) atoms. The number of halogens is 2. The van der Waals surface area contributed by atoms with E-state index in [0.717, 1.165) is 22.0 Å². The Morgan fingerprint density at radius 3 is 2.61 bits per heavy atom. The van der Waals surface area contributed by atoms with Gasteiger partial charge in [0.2, 0.25) is 17.7 Å². The molecule has 3 aromatic heterocycles. The molecule has 0 saturated heterocycles. The van der Waals surface area contributed by atoms with Crippen LogP contribution < -0.4 is 15.4 Å².